The zero-order valence-corrected chi connectivity index (χ0v) is 11.7. The first kappa shape index (κ1) is 15.2. The van der Waals surface area contributed by atoms with E-state index >= 15 is 0 Å². The number of benzene rings is 1. The fraction of sp³-hybridized carbons (Fsp3) is 0.600. The van der Waals surface area contributed by atoms with E-state index in [0.717, 1.165) is 11.3 Å². The van der Waals surface area contributed by atoms with Gasteiger partial charge in [-0.25, -0.2) is 0 Å². The molecule has 0 spiro atoms. The third-order valence-corrected chi connectivity index (χ3v) is 3.51. The summed E-state index contributed by atoms with van der Waals surface area (Å²) in [5.41, 5.74) is 0.990. The van der Waals surface area contributed by atoms with Crippen LogP contribution in [0.5, 0.6) is 5.75 Å². The molecule has 20 heavy (non-hydrogen) atoms. The minimum atomic E-state index is -4.10. The molecule has 1 heterocycles. The topological polar surface area (TPSA) is 21.3 Å². The van der Waals surface area contributed by atoms with Crippen LogP contribution in [0.15, 0.2) is 24.3 Å². The van der Waals surface area contributed by atoms with Crippen LogP contribution in [0, 0.1) is 5.92 Å². The normalized spacial score (nSPS) is 23.9. The largest absolute Gasteiger partial charge is 0.491 e. The van der Waals surface area contributed by atoms with Gasteiger partial charge in [-0.1, -0.05) is 12.1 Å². The molecule has 1 aromatic carbocycles. The lowest BCUT2D eigenvalue weighted by Crippen LogP contribution is -2.40. The molecule has 2 unspecified atom stereocenters. The molecule has 2 rings (SSSR count). The molecule has 1 saturated heterocycles. The Hall–Kier alpha value is -1.23. The number of hydrogen-bond acceptors (Lipinski definition) is 2. The highest BCUT2D eigenvalue weighted by atomic mass is 19.4. The van der Waals surface area contributed by atoms with Crippen molar-refractivity contribution in [3.63, 3.8) is 0 Å². The van der Waals surface area contributed by atoms with Crippen molar-refractivity contribution in [3.8, 4) is 5.75 Å². The zero-order valence-electron chi connectivity index (χ0n) is 11.7. The Morgan fingerprint density at radius 3 is 2.55 bits per heavy atom. The molecule has 1 N–H and O–H groups in total. The molecule has 1 aliphatic heterocycles. The lowest BCUT2D eigenvalue weighted by molar-refractivity contribution is -0.179. The maximum Gasteiger partial charge on any atom is 0.393 e. The highest BCUT2D eigenvalue weighted by molar-refractivity contribution is 5.31. The van der Waals surface area contributed by atoms with Crippen molar-refractivity contribution < 1.29 is 17.9 Å². The molecule has 2 atom stereocenters. The van der Waals surface area contributed by atoms with Gasteiger partial charge in [0.1, 0.15) is 5.75 Å². The fourth-order valence-electron chi connectivity index (χ4n) is 2.50. The van der Waals surface area contributed by atoms with Gasteiger partial charge in [-0.2, -0.15) is 13.2 Å². The van der Waals surface area contributed by atoms with E-state index in [2.05, 4.69) is 5.32 Å². The molecule has 2 nitrogen and oxygen atoms in total. The molecular weight excluding hydrogens is 267 g/mol. The van der Waals surface area contributed by atoms with Crippen LogP contribution in [-0.4, -0.2) is 18.8 Å². The molecule has 1 aromatic rings. The van der Waals surface area contributed by atoms with Crippen LogP contribution in [0.2, 0.25) is 0 Å². The van der Waals surface area contributed by atoms with Crippen LogP contribution in [0.3, 0.4) is 0 Å². The lowest BCUT2D eigenvalue weighted by Gasteiger charge is -2.31. The highest BCUT2D eigenvalue weighted by Crippen LogP contribution is 2.36. The summed E-state index contributed by atoms with van der Waals surface area (Å²) in [5.74, 6) is -0.467. The quantitative estimate of drug-likeness (QED) is 0.904. The van der Waals surface area contributed by atoms with Crippen LogP contribution in [0.4, 0.5) is 13.2 Å². The molecular formula is C15H20F3NO. The predicted octanol–water partition coefficient (Wildman–Crippen LogP) is 4.08. The van der Waals surface area contributed by atoms with Gasteiger partial charge in [0, 0.05) is 12.6 Å². The minimum Gasteiger partial charge on any atom is -0.491 e. The van der Waals surface area contributed by atoms with Crippen LogP contribution < -0.4 is 10.1 Å². The average molecular weight is 287 g/mol. The van der Waals surface area contributed by atoms with E-state index in [1.165, 1.54) is 0 Å². The van der Waals surface area contributed by atoms with Gasteiger partial charge >= 0.3 is 6.18 Å². The molecule has 0 aliphatic carbocycles. The summed E-state index contributed by atoms with van der Waals surface area (Å²) < 4.78 is 43.5. The van der Waals surface area contributed by atoms with E-state index in [1.807, 2.05) is 38.1 Å². The molecule has 0 amide bonds. The van der Waals surface area contributed by atoms with Crippen molar-refractivity contribution in [1.82, 2.24) is 5.32 Å². The van der Waals surface area contributed by atoms with Gasteiger partial charge in [-0.3, -0.25) is 0 Å². The molecule has 112 valence electrons. The molecule has 0 saturated carbocycles. The van der Waals surface area contributed by atoms with Crippen molar-refractivity contribution in [3.05, 3.63) is 29.8 Å². The zero-order chi connectivity index (χ0) is 14.8. The number of piperidine rings is 1. The first-order valence-corrected chi connectivity index (χ1v) is 6.93. The number of hydrogen-bond donors (Lipinski definition) is 1. The molecule has 0 radical (unpaired) electrons. The first-order valence-electron chi connectivity index (χ1n) is 6.93. The fourth-order valence-corrected chi connectivity index (χ4v) is 2.50. The molecule has 0 bridgehead atoms. The summed E-state index contributed by atoms with van der Waals surface area (Å²) in [7, 11) is 0. The average Bonchev–Trinajstić information content (AvgIpc) is 2.37. The summed E-state index contributed by atoms with van der Waals surface area (Å²) in [6.07, 6.45) is -3.34. The molecule has 1 fully saturated rings. The smallest absolute Gasteiger partial charge is 0.393 e. The van der Waals surface area contributed by atoms with Crippen molar-refractivity contribution >= 4 is 0 Å². The van der Waals surface area contributed by atoms with Crippen LogP contribution in [-0.2, 0) is 0 Å². The summed E-state index contributed by atoms with van der Waals surface area (Å²) in [4.78, 5) is 0. The monoisotopic (exact) mass is 287 g/mol. The molecule has 0 aromatic heterocycles. The maximum absolute atomic E-state index is 12.6. The standard InChI is InChI=1S/C15H20F3NO/c1-10(2)20-13-5-3-4-11(8-13)14-7-6-12(9-19-14)15(16,17)18/h3-5,8,10,12,14,19H,6-7,9H2,1-2H3. The highest BCUT2D eigenvalue weighted by Gasteiger charge is 2.41. The van der Waals surface area contributed by atoms with E-state index in [0.29, 0.717) is 6.42 Å². The summed E-state index contributed by atoms with van der Waals surface area (Å²) in [5, 5.41) is 3.00. The Balaban J connectivity index is 2.00. The number of alkyl halides is 3. The van der Waals surface area contributed by atoms with Crippen LogP contribution in [0.1, 0.15) is 38.3 Å². The second kappa shape index (κ2) is 6.04. The molecule has 5 heteroatoms. The minimum absolute atomic E-state index is 0.0105. The second-order valence-corrected chi connectivity index (χ2v) is 5.52. The van der Waals surface area contributed by atoms with E-state index in [4.69, 9.17) is 4.74 Å². The van der Waals surface area contributed by atoms with Gasteiger partial charge in [0.25, 0.3) is 0 Å². The Bertz CT molecular complexity index is 437. The van der Waals surface area contributed by atoms with E-state index < -0.39 is 12.1 Å². The Morgan fingerprint density at radius 1 is 1.25 bits per heavy atom. The van der Waals surface area contributed by atoms with Crippen LogP contribution >= 0.6 is 0 Å². The second-order valence-electron chi connectivity index (χ2n) is 5.52. The lowest BCUT2D eigenvalue weighted by atomic mass is 9.90. The van der Waals surface area contributed by atoms with Gasteiger partial charge in [-0.15, -0.1) is 0 Å². The Morgan fingerprint density at radius 2 is 2.00 bits per heavy atom. The first-order chi connectivity index (χ1) is 9.36. The van der Waals surface area contributed by atoms with Gasteiger partial charge < -0.3 is 10.1 Å². The van der Waals surface area contributed by atoms with E-state index in [1.54, 1.807) is 0 Å². The summed E-state index contributed by atoms with van der Waals surface area (Å²) >= 11 is 0. The van der Waals surface area contributed by atoms with Gasteiger partial charge in [-0.05, 0) is 44.4 Å². The molecule has 1 aliphatic rings. The third kappa shape index (κ3) is 3.88. The third-order valence-electron chi connectivity index (χ3n) is 3.51. The SMILES string of the molecule is CC(C)Oc1cccc(C2CCC(C(F)(F)F)CN2)c1. The number of nitrogens with one attached hydrogen (secondary N) is 1. The van der Waals surface area contributed by atoms with Gasteiger partial charge in [0.15, 0.2) is 0 Å². The van der Waals surface area contributed by atoms with Crippen LogP contribution in [0.25, 0.3) is 0 Å². The van der Waals surface area contributed by atoms with Gasteiger partial charge in [0.05, 0.1) is 12.0 Å². The van der Waals surface area contributed by atoms with Crippen molar-refractivity contribution in [2.24, 2.45) is 5.92 Å². The van der Waals surface area contributed by atoms with Gasteiger partial charge in [0.2, 0.25) is 0 Å². The van der Waals surface area contributed by atoms with Crippen molar-refractivity contribution in [2.45, 2.75) is 45.0 Å². The van der Waals surface area contributed by atoms with Crippen molar-refractivity contribution in [1.29, 1.82) is 0 Å². The maximum atomic E-state index is 12.6. The van der Waals surface area contributed by atoms with E-state index in [-0.39, 0.29) is 25.1 Å². The number of rotatable bonds is 3. The Labute approximate surface area is 117 Å². The summed E-state index contributed by atoms with van der Waals surface area (Å²) in [6, 6.07) is 7.56. The predicted molar refractivity (Wildman–Crippen MR) is 71.7 cm³/mol. The van der Waals surface area contributed by atoms with E-state index in [9.17, 15) is 13.2 Å². The summed E-state index contributed by atoms with van der Waals surface area (Å²) in [6.45, 7) is 3.88. The number of ether oxygens (including phenoxy) is 1. The Kier molecular flexibility index (Phi) is 4.58. The van der Waals surface area contributed by atoms with Crippen molar-refractivity contribution in [2.75, 3.05) is 6.54 Å². The number of halogens is 3.